The van der Waals surface area contributed by atoms with Crippen LogP contribution in [0.3, 0.4) is 0 Å². The lowest BCUT2D eigenvalue weighted by atomic mass is 9.87. The molecular formula is C21H22. The van der Waals surface area contributed by atoms with E-state index in [1.807, 2.05) is 0 Å². The normalized spacial score (nSPS) is 12.5. The average Bonchev–Trinajstić information content (AvgIpc) is 2.53. The fraction of sp³-hybridized carbons (Fsp3) is 0.238. The Bertz CT molecular complexity index is 768. The number of rotatable bonds is 3. The first-order valence-corrected chi connectivity index (χ1v) is 7.79. The molecule has 3 rings (SSSR count). The molecule has 0 saturated carbocycles. The Morgan fingerprint density at radius 2 is 1.43 bits per heavy atom. The molecule has 0 aliphatic carbocycles. The fourth-order valence-corrected chi connectivity index (χ4v) is 3.04. The van der Waals surface area contributed by atoms with Crippen LogP contribution in [0.15, 0.2) is 60.7 Å². The van der Waals surface area contributed by atoms with Crippen LogP contribution in [0.5, 0.6) is 0 Å². The Labute approximate surface area is 127 Å². The second-order valence-electron chi connectivity index (χ2n) is 5.91. The summed E-state index contributed by atoms with van der Waals surface area (Å²) in [7, 11) is 0. The number of fused-ring (bicyclic) bond motifs is 1. The Kier molecular flexibility index (Phi) is 3.79. The van der Waals surface area contributed by atoms with Crippen LogP contribution in [0.4, 0.5) is 0 Å². The molecule has 0 radical (unpaired) electrons. The predicted octanol–water partition coefficient (Wildman–Crippen LogP) is 6.33. The highest BCUT2D eigenvalue weighted by Crippen LogP contribution is 2.34. The van der Waals surface area contributed by atoms with E-state index in [9.17, 15) is 0 Å². The van der Waals surface area contributed by atoms with E-state index < -0.39 is 0 Å². The van der Waals surface area contributed by atoms with Gasteiger partial charge in [0.1, 0.15) is 0 Å². The Balaban J connectivity index is 2.23. The minimum atomic E-state index is 0.590. The number of aryl methyl sites for hydroxylation is 1. The fourth-order valence-electron chi connectivity index (χ4n) is 3.04. The molecule has 0 fully saturated rings. The van der Waals surface area contributed by atoms with Crippen molar-refractivity contribution in [2.24, 2.45) is 0 Å². The molecule has 1 unspecified atom stereocenters. The molecule has 106 valence electrons. The van der Waals surface area contributed by atoms with Crippen LogP contribution in [0.1, 0.15) is 37.3 Å². The second kappa shape index (κ2) is 5.73. The monoisotopic (exact) mass is 274 g/mol. The molecular weight excluding hydrogens is 252 g/mol. The van der Waals surface area contributed by atoms with E-state index in [0.29, 0.717) is 5.92 Å². The zero-order valence-corrected chi connectivity index (χ0v) is 13.1. The molecule has 0 nitrogen and oxygen atoms in total. The summed E-state index contributed by atoms with van der Waals surface area (Å²) in [6.45, 7) is 6.79. The highest BCUT2D eigenvalue weighted by molar-refractivity contribution is 5.89. The van der Waals surface area contributed by atoms with E-state index in [4.69, 9.17) is 0 Å². The summed E-state index contributed by atoms with van der Waals surface area (Å²) < 4.78 is 0. The van der Waals surface area contributed by atoms with Crippen LogP contribution in [0.2, 0.25) is 0 Å². The lowest BCUT2D eigenvalue weighted by molar-refractivity contribution is 0.735. The van der Waals surface area contributed by atoms with E-state index in [2.05, 4.69) is 81.4 Å². The number of hydrogen-bond acceptors (Lipinski definition) is 0. The van der Waals surface area contributed by atoms with Gasteiger partial charge in [0.15, 0.2) is 0 Å². The summed E-state index contributed by atoms with van der Waals surface area (Å²) in [6.07, 6.45) is 1.17. The van der Waals surface area contributed by atoms with Gasteiger partial charge in [0, 0.05) is 0 Å². The Morgan fingerprint density at radius 3 is 2.14 bits per heavy atom. The van der Waals surface area contributed by atoms with Crippen molar-refractivity contribution in [1.29, 1.82) is 0 Å². The first-order chi connectivity index (χ1) is 10.2. The topological polar surface area (TPSA) is 0 Å². The van der Waals surface area contributed by atoms with Crippen molar-refractivity contribution < 1.29 is 0 Å². The molecule has 0 aromatic heterocycles. The van der Waals surface area contributed by atoms with Gasteiger partial charge < -0.3 is 0 Å². The summed E-state index contributed by atoms with van der Waals surface area (Å²) in [5.41, 5.74) is 5.56. The molecule has 0 bridgehead atoms. The molecule has 0 aliphatic rings. The van der Waals surface area contributed by atoms with Gasteiger partial charge >= 0.3 is 0 Å². The highest BCUT2D eigenvalue weighted by Gasteiger charge is 2.12. The van der Waals surface area contributed by atoms with Gasteiger partial charge in [0.05, 0.1) is 0 Å². The maximum atomic E-state index is 2.34. The standard InChI is InChI=1S/C21H22/c1-4-15(2)19-11-7-8-12-20(19)21-14-18-10-6-5-9-17(18)13-16(21)3/h5-15H,4H2,1-3H3. The minimum absolute atomic E-state index is 0.590. The predicted molar refractivity (Wildman–Crippen MR) is 92.8 cm³/mol. The zero-order valence-electron chi connectivity index (χ0n) is 13.1. The van der Waals surface area contributed by atoms with Crippen molar-refractivity contribution in [1.82, 2.24) is 0 Å². The third-order valence-corrected chi connectivity index (χ3v) is 4.49. The molecule has 21 heavy (non-hydrogen) atoms. The molecule has 0 heteroatoms. The van der Waals surface area contributed by atoms with Gasteiger partial charge in [-0.1, -0.05) is 68.4 Å². The smallest absolute Gasteiger partial charge is 0.0145 e. The molecule has 3 aromatic rings. The van der Waals surface area contributed by atoms with E-state index in [1.54, 1.807) is 0 Å². The van der Waals surface area contributed by atoms with E-state index in [0.717, 1.165) is 0 Å². The van der Waals surface area contributed by atoms with Crippen LogP contribution in [-0.2, 0) is 0 Å². The maximum Gasteiger partial charge on any atom is -0.0145 e. The number of hydrogen-bond donors (Lipinski definition) is 0. The Hall–Kier alpha value is -2.08. The van der Waals surface area contributed by atoms with Crippen molar-refractivity contribution in [2.75, 3.05) is 0 Å². The summed E-state index contributed by atoms with van der Waals surface area (Å²) in [6, 6.07) is 22.1. The molecule has 0 aliphatic heterocycles. The Morgan fingerprint density at radius 1 is 0.810 bits per heavy atom. The lowest BCUT2D eigenvalue weighted by Gasteiger charge is -2.17. The van der Waals surface area contributed by atoms with Gasteiger partial charge in [0.25, 0.3) is 0 Å². The van der Waals surface area contributed by atoms with Crippen LogP contribution < -0.4 is 0 Å². The van der Waals surface area contributed by atoms with E-state index in [1.165, 1.54) is 39.4 Å². The molecule has 1 atom stereocenters. The third-order valence-electron chi connectivity index (χ3n) is 4.49. The van der Waals surface area contributed by atoms with Gasteiger partial charge in [-0.05, 0) is 58.4 Å². The molecule has 0 amide bonds. The van der Waals surface area contributed by atoms with Gasteiger partial charge in [0.2, 0.25) is 0 Å². The minimum Gasteiger partial charge on any atom is -0.0648 e. The van der Waals surface area contributed by atoms with Crippen molar-refractivity contribution in [3.05, 3.63) is 71.8 Å². The average molecular weight is 274 g/mol. The number of benzene rings is 3. The highest BCUT2D eigenvalue weighted by atomic mass is 14.2. The first kappa shape index (κ1) is 13.9. The zero-order chi connectivity index (χ0) is 14.8. The van der Waals surface area contributed by atoms with Gasteiger partial charge in [-0.2, -0.15) is 0 Å². The molecule has 0 heterocycles. The van der Waals surface area contributed by atoms with Crippen molar-refractivity contribution in [3.63, 3.8) is 0 Å². The van der Waals surface area contributed by atoms with Gasteiger partial charge in [-0.15, -0.1) is 0 Å². The largest absolute Gasteiger partial charge is 0.0648 e. The third kappa shape index (κ3) is 2.58. The van der Waals surface area contributed by atoms with Crippen molar-refractivity contribution >= 4 is 10.8 Å². The molecule has 0 spiro atoms. The quantitative estimate of drug-likeness (QED) is 0.523. The van der Waals surface area contributed by atoms with Crippen LogP contribution in [0, 0.1) is 6.92 Å². The summed E-state index contributed by atoms with van der Waals surface area (Å²) in [4.78, 5) is 0. The summed E-state index contributed by atoms with van der Waals surface area (Å²) >= 11 is 0. The SMILES string of the molecule is CCC(C)c1ccccc1-c1cc2ccccc2cc1C. The summed E-state index contributed by atoms with van der Waals surface area (Å²) in [5, 5.41) is 2.64. The van der Waals surface area contributed by atoms with Gasteiger partial charge in [-0.3, -0.25) is 0 Å². The summed E-state index contributed by atoms with van der Waals surface area (Å²) in [5.74, 6) is 0.590. The van der Waals surface area contributed by atoms with Crippen molar-refractivity contribution in [2.45, 2.75) is 33.1 Å². The maximum absolute atomic E-state index is 2.34. The molecule has 3 aromatic carbocycles. The van der Waals surface area contributed by atoms with E-state index in [-0.39, 0.29) is 0 Å². The van der Waals surface area contributed by atoms with Crippen molar-refractivity contribution in [3.8, 4) is 11.1 Å². The van der Waals surface area contributed by atoms with Crippen LogP contribution in [0.25, 0.3) is 21.9 Å². The molecule has 0 saturated heterocycles. The van der Waals surface area contributed by atoms with E-state index >= 15 is 0 Å². The lowest BCUT2D eigenvalue weighted by Crippen LogP contribution is -1.96. The van der Waals surface area contributed by atoms with Crippen LogP contribution in [-0.4, -0.2) is 0 Å². The first-order valence-electron chi connectivity index (χ1n) is 7.79. The van der Waals surface area contributed by atoms with Crippen LogP contribution >= 0.6 is 0 Å². The molecule has 0 N–H and O–H groups in total. The second-order valence-corrected chi connectivity index (χ2v) is 5.91. The van der Waals surface area contributed by atoms with Gasteiger partial charge in [-0.25, -0.2) is 0 Å².